The van der Waals surface area contributed by atoms with E-state index in [9.17, 15) is 0 Å². The van der Waals surface area contributed by atoms with Crippen molar-refractivity contribution in [2.24, 2.45) is 0 Å². The minimum atomic E-state index is -0.120. The Morgan fingerprint density at radius 1 is 0.347 bits per heavy atom. The SMILES string of the molecule is Cc1cccc2ccc3c(c12)-c1cc2c(cc1C3(C)C)-c1c(cc3ccc4c(-c5cccc6ccccc56)ccc5ccc1c3c54)C2(C)C. The quantitative estimate of drug-likeness (QED) is 0.159. The van der Waals surface area contributed by atoms with Gasteiger partial charge in [0, 0.05) is 10.8 Å². The molecule has 0 heterocycles. The van der Waals surface area contributed by atoms with Gasteiger partial charge in [-0.05, 0) is 140 Å². The summed E-state index contributed by atoms with van der Waals surface area (Å²) >= 11 is 0. The Hall–Kier alpha value is -5.46. The van der Waals surface area contributed by atoms with Gasteiger partial charge in [-0.2, -0.15) is 0 Å². The van der Waals surface area contributed by atoms with Crippen LogP contribution >= 0.6 is 0 Å². The molecule has 0 N–H and O–H groups in total. The third kappa shape index (κ3) is 3.30. The number of fused-ring (bicyclic) bond motifs is 10. The van der Waals surface area contributed by atoms with E-state index < -0.39 is 0 Å². The maximum absolute atomic E-state index is 2.58. The van der Waals surface area contributed by atoms with Gasteiger partial charge in [0.2, 0.25) is 0 Å². The highest BCUT2D eigenvalue weighted by atomic mass is 14.5. The van der Waals surface area contributed by atoms with Crippen molar-refractivity contribution in [1.82, 2.24) is 0 Å². The Labute approximate surface area is 287 Å². The number of rotatable bonds is 1. The van der Waals surface area contributed by atoms with Crippen LogP contribution in [0.3, 0.4) is 0 Å². The second kappa shape index (κ2) is 8.95. The molecule has 0 aliphatic heterocycles. The molecule has 2 aliphatic rings. The van der Waals surface area contributed by atoms with Gasteiger partial charge in [0.15, 0.2) is 0 Å². The molecule has 0 fully saturated rings. The van der Waals surface area contributed by atoms with E-state index >= 15 is 0 Å². The average Bonchev–Trinajstić information content (AvgIpc) is 3.48. The molecule has 0 unspecified atom stereocenters. The first-order chi connectivity index (χ1) is 23.7. The topological polar surface area (TPSA) is 0 Å². The summed E-state index contributed by atoms with van der Waals surface area (Å²) in [5, 5.41) is 13.4. The molecule has 0 aromatic heterocycles. The van der Waals surface area contributed by atoms with Crippen LogP contribution in [0.15, 0.2) is 127 Å². The molecule has 11 rings (SSSR count). The minimum absolute atomic E-state index is 0.0831. The van der Waals surface area contributed by atoms with Crippen LogP contribution in [0.4, 0.5) is 0 Å². The van der Waals surface area contributed by atoms with Crippen LogP contribution in [0.1, 0.15) is 55.5 Å². The molecule has 2 aliphatic carbocycles. The predicted octanol–water partition coefficient (Wildman–Crippen LogP) is 13.5. The molecule has 0 radical (unpaired) electrons. The summed E-state index contributed by atoms with van der Waals surface area (Å²) in [4.78, 5) is 0. The number of hydrogen-bond acceptors (Lipinski definition) is 0. The zero-order chi connectivity index (χ0) is 33.0. The Morgan fingerprint density at radius 2 is 0.939 bits per heavy atom. The van der Waals surface area contributed by atoms with Crippen LogP contribution in [0, 0.1) is 6.92 Å². The molecule has 0 heteroatoms. The zero-order valence-electron chi connectivity index (χ0n) is 28.6. The molecule has 0 saturated carbocycles. The summed E-state index contributed by atoms with van der Waals surface area (Å²) in [6.07, 6.45) is 0. The van der Waals surface area contributed by atoms with E-state index in [4.69, 9.17) is 0 Å². The monoisotopic (exact) mass is 624 g/mol. The fraction of sp³-hybridized carbons (Fsp3) is 0.143. The van der Waals surface area contributed by atoms with Gasteiger partial charge in [0.25, 0.3) is 0 Å². The van der Waals surface area contributed by atoms with Crippen molar-refractivity contribution in [3.05, 3.63) is 155 Å². The van der Waals surface area contributed by atoms with Crippen molar-refractivity contribution < 1.29 is 0 Å². The first-order valence-corrected chi connectivity index (χ1v) is 17.7. The maximum atomic E-state index is 2.58. The molecular weight excluding hydrogens is 589 g/mol. The van der Waals surface area contributed by atoms with E-state index in [-0.39, 0.29) is 10.8 Å². The lowest BCUT2D eigenvalue weighted by atomic mass is 9.79. The van der Waals surface area contributed by atoms with Crippen molar-refractivity contribution in [3.63, 3.8) is 0 Å². The van der Waals surface area contributed by atoms with Gasteiger partial charge in [0.1, 0.15) is 0 Å². The van der Waals surface area contributed by atoms with Crippen LogP contribution in [-0.2, 0) is 10.8 Å². The zero-order valence-corrected chi connectivity index (χ0v) is 28.6. The maximum Gasteiger partial charge on any atom is 0.0159 e. The molecule has 0 spiro atoms. The Kier molecular flexibility index (Phi) is 5.02. The highest BCUT2D eigenvalue weighted by molar-refractivity contribution is 6.29. The van der Waals surface area contributed by atoms with Crippen molar-refractivity contribution in [2.75, 3.05) is 0 Å². The lowest BCUT2D eigenvalue weighted by Gasteiger charge is -2.24. The lowest BCUT2D eigenvalue weighted by molar-refractivity contribution is 0.652. The normalized spacial score (nSPS) is 15.4. The smallest absolute Gasteiger partial charge is 0.0159 e. The molecule has 9 aromatic rings. The third-order valence-corrected chi connectivity index (χ3v) is 12.5. The van der Waals surface area contributed by atoms with E-state index in [0.717, 1.165) is 0 Å². The molecule has 0 nitrogen and oxygen atoms in total. The van der Waals surface area contributed by atoms with Gasteiger partial charge in [0.05, 0.1) is 0 Å². The Balaban J connectivity index is 1.22. The minimum Gasteiger partial charge on any atom is -0.0616 e. The molecule has 0 amide bonds. The van der Waals surface area contributed by atoms with Gasteiger partial charge >= 0.3 is 0 Å². The number of aryl methyl sites for hydroxylation is 1. The van der Waals surface area contributed by atoms with E-state index in [0.29, 0.717) is 0 Å². The summed E-state index contributed by atoms with van der Waals surface area (Å²) in [5.74, 6) is 0. The molecule has 232 valence electrons. The summed E-state index contributed by atoms with van der Waals surface area (Å²) in [5.41, 5.74) is 15.2. The third-order valence-electron chi connectivity index (χ3n) is 12.5. The van der Waals surface area contributed by atoms with Gasteiger partial charge in [-0.3, -0.25) is 0 Å². The average molecular weight is 625 g/mol. The van der Waals surface area contributed by atoms with E-state index in [1.54, 1.807) is 0 Å². The Morgan fingerprint density at radius 3 is 1.80 bits per heavy atom. The molecular formula is C49H36. The van der Waals surface area contributed by atoms with Crippen LogP contribution in [0.2, 0.25) is 0 Å². The van der Waals surface area contributed by atoms with Crippen molar-refractivity contribution in [2.45, 2.75) is 45.4 Å². The number of benzene rings is 9. The molecule has 0 bridgehead atoms. The fourth-order valence-corrected chi connectivity index (χ4v) is 10.1. The second-order valence-electron chi connectivity index (χ2n) is 15.7. The highest BCUT2D eigenvalue weighted by Crippen LogP contribution is 2.59. The lowest BCUT2D eigenvalue weighted by Crippen LogP contribution is -2.17. The van der Waals surface area contributed by atoms with Gasteiger partial charge < -0.3 is 0 Å². The molecule has 0 atom stereocenters. The van der Waals surface area contributed by atoms with Crippen molar-refractivity contribution in [1.29, 1.82) is 0 Å². The van der Waals surface area contributed by atoms with Crippen LogP contribution in [0.5, 0.6) is 0 Å². The second-order valence-corrected chi connectivity index (χ2v) is 15.7. The predicted molar refractivity (Wildman–Crippen MR) is 210 cm³/mol. The van der Waals surface area contributed by atoms with Gasteiger partial charge in [-0.1, -0.05) is 137 Å². The van der Waals surface area contributed by atoms with Gasteiger partial charge in [-0.15, -0.1) is 0 Å². The summed E-state index contributed by atoms with van der Waals surface area (Å²) in [6.45, 7) is 12.0. The number of hydrogen-bond donors (Lipinski definition) is 0. The standard InChI is InChI=1S/C49H36/c1-27-10-8-13-29-19-23-39-47(43(27)29)38-26-40-37(25-41(38)48(39,2)3)46-36-22-17-30-16-20-34(33-15-9-12-28-11-6-7-14-32(28)33)35-21-18-31(45(36)44(30)35)24-42(46)49(40,4)5/h6-26H,1-5H3. The van der Waals surface area contributed by atoms with Gasteiger partial charge in [-0.25, -0.2) is 0 Å². The fourth-order valence-electron chi connectivity index (χ4n) is 10.1. The Bertz CT molecular complexity index is 2930. The largest absolute Gasteiger partial charge is 0.0616 e. The van der Waals surface area contributed by atoms with Crippen LogP contribution in [-0.4, -0.2) is 0 Å². The van der Waals surface area contributed by atoms with E-state index in [1.165, 1.54) is 115 Å². The van der Waals surface area contributed by atoms with E-state index in [1.807, 2.05) is 0 Å². The first-order valence-electron chi connectivity index (χ1n) is 17.7. The molecule has 49 heavy (non-hydrogen) atoms. The van der Waals surface area contributed by atoms with Crippen molar-refractivity contribution in [3.8, 4) is 33.4 Å². The van der Waals surface area contributed by atoms with Crippen LogP contribution < -0.4 is 0 Å². The summed E-state index contributed by atoms with van der Waals surface area (Å²) in [7, 11) is 0. The highest BCUT2D eigenvalue weighted by Gasteiger charge is 2.43. The first kappa shape index (κ1) is 27.5. The summed E-state index contributed by atoms with van der Waals surface area (Å²) < 4.78 is 0. The molecule has 9 aromatic carbocycles. The van der Waals surface area contributed by atoms with Crippen LogP contribution in [0.25, 0.3) is 87.2 Å². The van der Waals surface area contributed by atoms with E-state index in [2.05, 4.69) is 162 Å². The molecule has 0 saturated heterocycles. The van der Waals surface area contributed by atoms with Crippen molar-refractivity contribution >= 4 is 53.9 Å². The summed E-state index contributed by atoms with van der Waals surface area (Å²) in [6, 6.07) is 48.8.